The van der Waals surface area contributed by atoms with Crippen LogP contribution >= 0.6 is 0 Å². The Morgan fingerprint density at radius 2 is 1.62 bits per heavy atom. The van der Waals surface area contributed by atoms with E-state index >= 15 is 0 Å². The Labute approximate surface area is 189 Å². The van der Waals surface area contributed by atoms with E-state index in [4.69, 9.17) is 14.2 Å². The molecule has 2 atom stereocenters. The van der Waals surface area contributed by atoms with Gasteiger partial charge in [0.25, 0.3) is 0 Å². The Hall–Kier alpha value is -2.30. The van der Waals surface area contributed by atoms with Crippen molar-refractivity contribution in [3.63, 3.8) is 0 Å². The summed E-state index contributed by atoms with van der Waals surface area (Å²) < 4.78 is 67.5. The summed E-state index contributed by atoms with van der Waals surface area (Å²) in [4.78, 5) is 0.138. The van der Waals surface area contributed by atoms with E-state index in [1.807, 2.05) is 0 Å². The lowest BCUT2D eigenvalue weighted by molar-refractivity contribution is 0.307. The molecule has 2 aromatic rings. The Morgan fingerprint density at radius 3 is 2.25 bits per heavy atom. The molecule has 0 amide bonds. The first kappa shape index (κ1) is 24.3. The molecule has 0 radical (unpaired) electrons. The number of sulfone groups is 2. The van der Waals surface area contributed by atoms with Crippen molar-refractivity contribution in [1.82, 2.24) is 5.32 Å². The highest BCUT2D eigenvalue weighted by atomic mass is 32.2. The van der Waals surface area contributed by atoms with Crippen LogP contribution in [0.2, 0.25) is 0 Å². The van der Waals surface area contributed by atoms with Crippen LogP contribution in [0.25, 0.3) is 0 Å². The van der Waals surface area contributed by atoms with Gasteiger partial charge in [-0.1, -0.05) is 0 Å². The molecule has 0 aromatic heterocycles. The summed E-state index contributed by atoms with van der Waals surface area (Å²) in [6.07, 6.45) is 0. The van der Waals surface area contributed by atoms with Crippen LogP contribution in [0.5, 0.6) is 17.2 Å². The molecule has 1 heterocycles. The molecule has 2 aromatic carbocycles. The normalized spacial score (nSPS) is 20.1. The lowest BCUT2D eigenvalue weighted by Crippen LogP contribution is -2.44. The second kappa shape index (κ2) is 9.68. The number of rotatable bonds is 9. The molecule has 1 saturated heterocycles. The second-order valence-corrected chi connectivity index (χ2v) is 12.1. The fourth-order valence-corrected chi connectivity index (χ4v) is 8.88. The zero-order valence-corrected chi connectivity index (χ0v) is 20.3. The van der Waals surface area contributed by atoms with Crippen molar-refractivity contribution in [2.45, 2.75) is 30.0 Å². The van der Waals surface area contributed by atoms with Gasteiger partial charge >= 0.3 is 0 Å². The number of hydrogen-bond donors (Lipinski definition) is 1. The van der Waals surface area contributed by atoms with Crippen LogP contribution < -0.4 is 19.5 Å². The summed E-state index contributed by atoms with van der Waals surface area (Å²) in [5.41, 5.74) is 1.20. The maximum atomic E-state index is 13.4. The summed E-state index contributed by atoms with van der Waals surface area (Å²) in [6, 6.07) is 9.57. The third-order valence-electron chi connectivity index (χ3n) is 5.53. The van der Waals surface area contributed by atoms with Crippen LogP contribution in [0, 0.1) is 13.8 Å². The minimum absolute atomic E-state index is 0.138. The summed E-state index contributed by atoms with van der Waals surface area (Å²) in [5.74, 6) is 1.31. The highest BCUT2D eigenvalue weighted by Gasteiger charge is 2.46. The molecule has 0 saturated carbocycles. The van der Waals surface area contributed by atoms with Gasteiger partial charge in [-0.25, -0.2) is 16.8 Å². The smallest absolute Gasteiger partial charge is 0.184 e. The molecule has 3 rings (SSSR count). The Bertz CT molecular complexity index is 1160. The van der Waals surface area contributed by atoms with Crippen molar-refractivity contribution in [3.05, 3.63) is 47.5 Å². The largest absolute Gasteiger partial charge is 0.497 e. The van der Waals surface area contributed by atoms with Crippen LogP contribution in [-0.4, -0.2) is 67.0 Å². The summed E-state index contributed by atoms with van der Waals surface area (Å²) in [6.45, 7) is 4.01. The van der Waals surface area contributed by atoms with Crippen molar-refractivity contribution >= 4 is 19.7 Å². The van der Waals surface area contributed by atoms with E-state index in [1.165, 1.54) is 7.11 Å². The zero-order valence-electron chi connectivity index (χ0n) is 18.6. The second-order valence-electron chi connectivity index (χ2n) is 7.83. The van der Waals surface area contributed by atoms with Gasteiger partial charge in [0.15, 0.2) is 19.7 Å². The number of hydrogen-bond acceptors (Lipinski definition) is 8. The van der Waals surface area contributed by atoms with E-state index in [0.29, 0.717) is 34.9 Å². The van der Waals surface area contributed by atoms with Crippen LogP contribution in [0.4, 0.5) is 0 Å². The molecule has 10 heteroatoms. The van der Waals surface area contributed by atoms with E-state index < -0.39 is 36.7 Å². The predicted molar refractivity (Wildman–Crippen MR) is 122 cm³/mol. The molecule has 8 nitrogen and oxygen atoms in total. The van der Waals surface area contributed by atoms with E-state index in [9.17, 15) is 16.8 Å². The Morgan fingerprint density at radius 1 is 0.969 bits per heavy atom. The van der Waals surface area contributed by atoms with E-state index in [1.54, 1.807) is 57.4 Å². The topological polar surface area (TPSA) is 108 Å². The van der Waals surface area contributed by atoms with Crippen molar-refractivity contribution in [3.8, 4) is 17.2 Å². The lowest BCUT2D eigenvalue weighted by atomic mass is 10.1. The molecule has 0 bridgehead atoms. The number of aryl methyl sites for hydroxylation is 2. The van der Waals surface area contributed by atoms with E-state index in [2.05, 4.69) is 5.32 Å². The average molecular weight is 484 g/mol. The molecule has 0 unspecified atom stereocenters. The van der Waals surface area contributed by atoms with Gasteiger partial charge in [0.2, 0.25) is 0 Å². The molecule has 0 spiro atoms. The molecule has 32 heavy (non-hydrogen) atoms. The van der Waals surface area contributed by atoms with Crippen LogP contribution in [0.15, 0.2) is 41.3 Å². The van der Waals surface area contributed by atoms with Crippen molar-refractivity contribution in [2.24, 2.45) is 0 Å². The van der Waals surface area contributed by atoms with Gasteiger partial charge in [-0.05, 0) is 61.4 Å². The van der Waals surface area contributed by atoms with E-state index in [-0.39, 0.29) is 17.3 Å². The maximum absolute atomic E-state index is 13.4. The van der Waals surface area contributed by atoms with Crippen molar-refractivity contribution in [1.29, 1.82) is 0 Å². The molecular weight excluding hydrogens is 454 g/mol. The van der Waals surface area contributed by atoms with Gasteiger partial charge in [0.1, 0.15) is 23.9 Å². The molecule has 176 valence electrons. The Balaban J connectivity index is 1.72. The van der Waals surface area contributed by atoms with Gasteiger partial charge < -0.3 is 19.5 Å². The SMILES string of the molecule is COc1ccc(OCCN[C@H]2CS(=O)(=O)C[C@@H]2S(=O)(=O)c2cc(C)c(OC)cc2C)cc1. The van der Waals surface area contributed by atoms with Gasteiger partial charge in [0.05, 0.1) is 35.9 Å². The van der Waals surface area contributed by atoms with Crippen LogP contribution in [0.1, 0.15) is 11.1 Å². The molecule has 1 fully saturated rings. The van der Waals surface area contributed by atoms with Crippen LogP contribution in [-0.2, 0) is 19.7 Å². The molecule has 1 N–H and O–H groups in total. The van der Waals surface area contributed by atoms with E-state index in [0.717, 1.165) is 0 Å². The predicted octanol–water partition coefficient (Wildman–Crippen LogP) is 1.93. The lowest BCUT2D eigenvalue weighted by Gasteiger charge is -2.21. The summed E-state index contributed by atoms with van der Waals surface area (Å²) in [7, 11) is -4.28. The fraction of sp³-hybridized carbons (Fsp3) is 0.455. The minimum atomic E-state index is -3.89. The molecule has 1 aliphatic heterocycles. The fourth-order valence-electron chi connectivity index (χ4n) is 3.85. The summed E-state index contributed by atoms with van der Waals surface area (Å²) >= 11 is 0. The number of benzene rings is 2. The molecule has 0 aliphatic carbocycles. The van der Waals surface area contributed by atoms with Crippen molar-refractivity contribution in [2.75, 3.05) is 38.9 Å². The number of ether oxygens (including phenoxy) is 3. The first-order chi connectivity index (χ1) is 15.1. The van der Waals surface area contributed by atoms with Gasteiger partial charge in [-0.2, -0.15) is 0 Å². The third kappa shape index (κ3) is 5.36. The third-order valence-corrected chi connectivity index (χ3v) is 9.82. The van der Waals surface area contributed by atoms with Crippen molar-refractivity contribution < 1.29 is 31.0 Å². The van der Waals surface area contributed by atoms with Gasteiger partial charge in [-0.3, -0.25) is 0 Å². The minimum Gasteiger partial charge on any atom is -0.497 e. The highest BCUT2D eigenvalue weighted by molar-refractivity contribution is 7.96. The molecule has 1 aliphatic rings. The van der Waals surface area contributed by atoms with Gasteiger partial charge in [0, 0.05) is 12.6 Å². The zero-order chi connectivity index (χ0) is 23.5. The number of nitrogens with one attached hydrogen (secondary N) is 1. The first-order valence-corrected chi connectivity index (χ1v) is 13.5. The average Bonchev–Trinajstić information content (AvgIpc) is 3.08. The quantitative estimate of drug-likeness (QED) is 0.539. The van der Waals surface area contributed by atoms with Gasteiger partial charge in [-0.15, -0.1) is 0 Å². The maximum Gasteiger partial charge on any atom is 0.184 e. The Kier molecular flexibility index (Phi) is 7.36. The van der Waals surface area contributed by atoms with Crippen LogP contribution in [0.3, 0.4) is 0 Å². The monoisotopic (exact) mass is 483 g/mol. The number of methoxy groups -OCH3 is 2. The summed E-state index contributed by atoms with van der Waals surface area (Å²) in [5, 5.41) is 2.01. The first-order valence-electron chi connectivity index (χ1n) is 10.2. The highest BCUT2D eigenvalue weighted by Crippen LogP contribution is 2.31. The molecular formula is C22H29NO7S2. The standard InChI is InChI=1S/C22H29NO7S2/c1-15-12-21(16(2)11-20(15)29-4)32(26,27)22-14-31(24,25)13-19(22)23-9-10-30-18-7-5-17(28-3)6-8-18/h5-8,11-12,19,22-23H,9-10,13-14H2,1-4H3/t19-,22-/m0/s1.